The second-order valence-electron chi connectivity index (χ2n) is 7.66. The summed E-state index contributed by atoms with van der Waals surface area (Å²) >= 11 is 6.24. The average molecular weight is 435 g/mol. The van der Waals surface area contributed by atoms with Crippen LogP contribution in [0.25, 0.3) is 0 Å². The number of aryl methyl sites for hydroxylation is 2. The van der Waals surface area contributed by atoms with Crippen LogP contribution in [0, 0.1) is 13.8 Å². The van der Waals surface area contributed by atoms with Crippen molar-refractivity contribution in [2.45, 2.75) is 51.0 Å². The van der Waals surface area contributed by atoms with Gasteiger partial charge in [-0.1, -0.05) is 41.8 Å². The number of piperidine rings is 1. The quantitative estimate of drug-likeness (QED) is 0.746. The van der Waals surface area contributed by atoms with Gasteiger partial charge in [0.05, 0.1) is 21.5 Å². The zero-order chi connectivity index (χ0) is 21.2. The number of sulfonamides is 1. The van der Waals surface area contributed by atoms with Crippen LogP contribution in [0.15, 0.2) is 41.3 Å². The molecule has 2 aromatic carbocycles. The number of hydrogen-bond acceptors (Lipinski definition) is 3. The third-order valence-electron chi connectivity index (χ3n) is 5.38. The molecule has 1 saturated heterocycles. The van der Waals surface area contributed by atoms with E-state index in [1.165, 1.54) is 22.5 Å². The van der Waals surface area contributed by atoms with E-state index in [2.05, 4.69) is 5.32 Å². The average Bonchev–Trinajstić information content (AvgIpc) is 2.70. The van der Waals surface area contributed by atoms with Gasteiger partial charge in [-0.3, -0.25) is 4.79 Å². The van der Waals surface area contributed by atoms with E-state index in [4.69, 9.17) is 11.6 Å². The molecule has 0 bridgehead atoms. The van der Waals surface area contributed by atoms with Crippen LogP contribution < -0.4 is 5.32 Å². The van der Waals surface area contributed by atoms with Crippen molar-refractivity contribution in [1.29, 1.82) is 0 Å². The lowest BCUT2D eigenvalue weighted by molar-refractivity contribution is 0.0939. The molecule has 1 fully saturated rings. The molecule has 1 unspecified atom stereocenters. The molecule has 1 aliphatic rings. The monoisotopic (exact) mass is 434 g/mol. The molecule has 1 heterocycles. The minimum Gasteiger partial charge on any atom is -0.345 e. The van der Waals surface area contributed by atoms with Gasteiger partial charge in [-0.15, -0.1) is 0 Å². The Morgan fingerprint density at radius 2 is 1.76 bits per heavy atom. The highest BCUT2D eigenvalue weighted by Gasteiger charge is 2.27. The third kappa shape index (κ3) is 4.82. The molecular weight excluding hydrogens is 408 g/mol. The Morgan fingerprint density at radius 1 is 1.07 bits per heavy atom. The molecule has 7 heteroatoms. The van der Waals surface area contributed by atoms with Crippen LogP contribution in [0.5, 0.6) is 0 Å². The second kappa shape index (κ2) is 8.86. The van der Waals surface area contributed by atoms with E-state index in [0.717, 1.165) is 36.0 Å². The van der Waals surface area contributed by atoms with Crippen molar-refractivity contribution in [2.75, 3.05) is 13.1 Å². The van der Waals surface area contributed by atoms with E-state index in [0.29, 0.717) is 13.1 Å². The predicted octanol–water partition coefficient (Wildman–Crippen LogP) is 4.62. The van der Waals surface area contributed by atoms with Crippen LogP contribution in [0.1, 0.15) is 59.3 Å². The number of rotatable bonds is 5. The fraction of sp³-hybridized carbons (Fsp3) is 0.409. The van der Waals surface area contributed by atoms with E-state index < -0.39 is 10.0 Å². The van der Waals surface area contributed by atoms with Crippen LogP contribution >= 0.6 is 11.6 Å². The van der Waals surface area contributed by atoms with Crippen LogP contribution in [0.4, 0.5) is 0 Å². The highest BCUT2D eigenvalue weighted by Crippen LogP contribution is 2.26. The van der Waals surface area contributed by atoms with E-state index in [-0.39, 0.29) is 27.4 Å². The van der Waals surface area contributed by atoms with Crippen molar-refractivity contribution in [1.82, 2.24) is 9.62 Å². The van der Waals surface area contributed by atoms with Crippen molar-refractivity contribution < 1.29 is 13.2 Å². The molecule has 1 N–H and O–H groups in total. The van der Waals surface area contributed by atoms with Crippen LogP contribution in [-0.2, 0) is 10.0 Å². The lowest BCUT2D eigenvalue weighted by Gasteiger charge is -2.26. The van der Waals surface area contributed by atoms with Gasteiger partial charge < -0.3 is 5.32 Å². The largest absolute Gasteiger partial charge is 0.345 e. The predicted molar refractivity (Wildman–Crippen MR) is 116 cm³/mol. The first-order valence-electron chi connectivity index (χ1n) is 9.88. The zero-order valence-corrected chi connectivity index (χ0v) is 18.6. The van der Waals surface area contributed by atoms with Crippen molar-refractivity contribution in [3.05, 3.63) is 63.7 Å². The maximum absolute atomic E-state index is 13.0. The smallest absolute Gasteiger partial charge is 0.253 e. The Morgan fingerprint density at radius 3 is 2.45 bits per heavy atom. The van der Waals surface area contributed by atoms with Gasteiger partial charge in [0.25, 0.3) is 5.91 Å². The van der Waals surface area contributed by atoms with E-state index in [9.17, 15) is 13.2 Å². The van der Waals surface area contributed by atoms with Gasteiger partial charge in [0.2, 0.25) is 10.0 Å². The standard InChI is InChI=1S/C22H27ClN2O3S/c1-15-7-8-16(2)19(13-15)17(3)24-22(26)20-14-18(9-10-21(20)23)29(27,28)25-11-5-4-6-12-25/h7-10,13-14,17H,4-6,11-12H2,1-3H3,(H,24,26). The van der Waals surface area contributed by atoms with E-state index in [1.54, 1.807) is 0 Å². The summed E-state index contributed by atoms with van der Waals surface area (Å²) in [4.78, 5) is 13.0. The van der Waals surface area contributed by atoms with Gasteiger partial charge >= 0.3 is 0 Å². The topological polar surface area (TPSA) is 66.5 Å². The summed E-state index contributed by atoms with van der Waals surface area (Å²) in [5.41, 5.74) is 3.38. The molecular formula is C22H27ClN2O3S. The maximum Gasteiger partial charge on any atom is 0.253 e. The Hall–Kier alpha value is -1.89. The molecule has 3 rings (SSSR count). The van der Waals surface area contributed by atoms with Gasteiger partial charge in [-0.2, -0.15) is 4.31 Å². The van der Waals surface area contributed by atoms with Crippen LogP contribution in [0.2, 0.25) is 5.02 Å². The number of carbonyl (C=O) groups is 1. The summed E-state index contributed by atoms with van der Waals surface area (Å²) in [7, 11) is -3.63. The molecule has 0 spiro atoms. The lowest BCUT2D eigenvalue weighted by Crippen LogP contribution is -2.35. The lowest BCUT2D eigenvalue weighted by atomic mass is 10.00. The van der Waals surface area contributed by atoms with E-state index >= 15 is 0 Å². The normalized spacial score (nSPS) is 16.4. The molecule has 0 aromatic heterocycles. The first-order valence-corrected chi connectivity index (χ1v) is 11.7. The summed E-state index contributed by atoms with van der Waals surface area (Å²) in [6.07, 6.45) is 2.75. The van der Waals surface area contributed by atoms with Crippen LogP contribution in [-0.4, -0.2) is 31.7 Å². The summed E-state index contributed by atoms with van der Waals surface area (Å²) in [5.74, 6) is -0.390. The fourth-order valence-electron chi connectivity index (χ4n) is 3.67. The van der Waals surface area contributed by atoms with Crippen molar-refractivity contribution >= 4 is 27.5 Å². The van der Waals surface area contributed by atoms with Crippen molar-refractivity contribution in [3.63, 3.8) is 0 Å². The highest BCUT2D eigenvalue weighted by atomic mass is 35.5. The molecule has 1 amide bonds. The van der Waals surface area contributed by atoms with Gasteiger partial charge in [0, 0.05) is 13.1 Å². The number of nitrogens with one attached hydrogen (secondary N) is 1. The Labute approximate surface area is 178 Å². The summed E-state index contributed by atoms with van der Waals surface area (Å²) in [5, 5.41) is 3.18. The molecule has 2 aromatic rings. The molecule has 156 valence electrons. The molecule has 29 heavy (non-hydrogen) atoms. The molecule has 1 aliphatic heterocycles. The number of halogens is 1. The SMILES string of the molecule is Cc1ccc(C)c(C(C)NC(=O)c2cc(S(=O)(=O)N3CCCCC3)ccc2Cl)c1. The molecule has 0 radical (unpaired) electrons. The fourth-order valence-corrected chi connectivity index (χ4v) is 5.42. The first kappa shape index (κ1) is 21.8. The Balaban J connectivity index is 1.85. The number of benzene rings is 2. The van der Waals surface area contributed by atoms with Crippen molar-refractivity contribution in [3.8, 4) is 0 Å². The molecule has 0 aliphatic carbocycles. The van der Waals surface area contributed by atoms with Crippen LogP contribution in [0.3, 0.4) is 0 Å². The number of hydrogen-bond donors (Lipinski definition) is 1. The highest BCUT2D eigenvalue weighted by molar-refractivity contribution is 7.89. The maximum atomic E-state index is 13.0. The van der Waals surface area contributed by atoms with Gasteiger partial charge in [0.15, 0.2) is 0 Å². The van der Waals surface area contributed by atoms with Gasteiger partial charge in [-0.25, -0.2) is 8.42 Å². The molecule has 5 nitrogen and oxygen atoms in total. The third-order valence-corrected chi connectivity index (χ3v) is 7.61. The molecule has 1 atom stereocenters. The second-order valence-corrected chi connectivity index (χ2v) is 10.0. The molecule has 0 saturated carbocycles. The summed E-state index contributed by atoms with van der Waals surface area (Å²) in [6.45, 7) is 6.92. The number of nitrogens with zero attached hydrogens (tertiary/aromatic N) is 1. The first-order chi connectivity index (χ1) is 13.7. The minimum atomic E-state index is -3.63. The Bertz CT molecular complexity index is 1010. The van der Waals surface area contributed by atoms with E-state index in [1.807, 2.05) is 39.0 Å². The zero-order valence-electron chi connectivity index (χ0n) is 17.0. The minimum absolute atomic E-state index is 0.105. The number of amides is 1. The summed E-state index contributed by atoms with van der Waals surface area (Å²) < 4.78 is 27.4. The number of carbonyl (C=O) groups excluding carboxylic acids is 1. The summed E-state index contributed by atoms with van der Waals surface area (Å²) in [6, 6.07) is 10.2. The van der Waals surface area contributed by atoms with Gasteiger partial charge in [0.1, 0.15) is 0 Å². The van der Waals surface area contributed by atoms with Crippen molar-refractivity contribution in [2.24, 2.45) is 0 Å². The van der Waals surface area contributed by atoms with Gasteiger partial charge in [-0.05, 0) is 62.9 Å². The Kier molecular flexibility index (Phi) is 6.66.